The fourth-order valence-corrected chi connectivity index (χ4v) is 2.60. The fraction of sp³-hybridized carbons (Fsp3) is 0.158. The van der Waals surface area contributed by atoms with E-state index in [0.717, 1.165) is 12.3 Å². The number of nitrogens with one attached hydrogen (secondary N) is 1. The molecule has 0 atom stereocenters. The van der Waals surface area contributed by atoms with Crippen LogP contribution in [0, 0.1) is 5.82 Å². The first-order valence-electron chi connectivity index (χ1n) is 7.98. The summed E-state index contributed by atoms with van der Waals surface area (Å²) in [5, 5.41) is 2.22. The van der Waals surface area contributed by atoms with E-state index in [2.05, 4.69) is 10.3 Å². The van der Waals surface area contributed by atoms with E-state index < -0.39 is 29.0 Å². The van der Waals surface area contributed by atoms with Crippen molar-refractivity contribution in [2.24, 2.45) is 0 Å². The lowest BCUT2D eigenvalue weighted by molar-refractivity contribution is -0.136. The molecule has 4 nitrogen and oxygen atoms in total. The smallest absolute Gasteiger partial charge is 0.417 e. The number of amides is 1. The monoisotopic (exact) mass is 378 g/mol. The molecule has 1 N–H and O–H groups in total. The molecule has 0 aliphatic carbocycles. The molecule has 1 amide bonds. The second kappa shape index (κ2) is 7.61. The standard InChI is InChI=1S/C19H14F4N2O2/c20-12-4-3-5-13(10-12)27-9-8-24-18(26)15-11-25-16-7-2-1-6-14(16)17(15)19(21,22)23/h1-7,10-11H,8-9H2,(H,24,26). The predicted molar refractivity (Wildman–Crippen MR) is 91.0 cm³/mol. The van der Waals surface area contributed by atoms with E-state index in [4.69, 9.17) is 4.74 Å². The second-order valence-electron chi connectivity index (χ2n) is 5.62. The molecule has 0 saturated carbocycles. The van der Waals surface area contributed by atoms with E-state index in [1.54, 1.807) is 6.07 Å². The maximum Gasteiger partial charge on any atom is 0.417 e. The molecule has 0 radical (unpaired) electrons. The van der Waals surface area contributed by atoms with Crippen LogP contribution in [0.1, 0.15) is 15.9 Å². The minimum Gasteiger partial charge on any atom is -0.492 e. The third-order valence-corrected chi connectivity index (χ3v) is 3.76. The van der Waals surface area contributed by atoms with E-state index in [-0.39, 0.29) is 29.8 Å². The number of pyridine rings is 1. The molecule has 3 aromatic rings. The van der Waals surface area contributed by atoms with Gasteiger partial charge in [0.1, 0.15) is 18.2 Å². The first-order valence-corrected chi connectivity index (χ1v) is 7.98. The molecule has 3 rings (SSSR count). The van der Waals surface area contributed by atoms with Gasteiger partial charge in [0.15, 0.2) is 0 Å². The number of hydrogen-bond acceptors (Lipinski definition) is 3. The zero-order valence-corrected chi connectivity index (χ0v) is 13.9. The van der Waals surface area contributed by atoms with Crippen LogP contribution in [0.4, 0.5) is 17.6 Å². The maximum atomic E-state index is 13.5. The van der Waals surface area contributed by atoms with Crippen LogP contribution in [-0.2, 0) is 6.18 Å². The van der Waals surface area contributed by atoms with Gasteiger partial charge in [-0.2, -0.15) is 13.2 Å². The van der Waals surface area contributed by atoms with Crippen molar-refractivity contribution < 1.29 is 27.1 Å². The Morgan fingerprint density at radius 2 is 1.89 bits per heavy atom. The van der Waals surface area contributed by atoms with Crippen LogP contribution in [-0.4, -0.2) is 24.0 Å². The molecule has 0 aliphatic rings. The van der Waals surface area contributed by atoms with Crippen molar-refractivity contribution in [2.45, 2.75) is 6.18 Å². The van der Waals surface area contributed by atoms with Crippen LogP contribution in [0.25, 0.3) is 10.9 Å². The highest BCUT2D eigenvalue weighted by Gasteiger charge is 2.37. The maximum absolute atomic E-state index is 13.5. The first-order chi connectivity index (χ1) is 12.9. The van der Waals surface area contributed by atoms with Crippen LogP contribution >= 0.6 is 0 Å². The third kappa shape index (κ3) is 4.33. The molecular formula is C19H14F4N2O2. The van der Waals surface area contributed by atoms with Gasteiger partial charge < -0.3 is 10.1 Å². The summed E-state index contributed by atoms with van der Waals surface area (Å²) in [6.07, 6.45) is -3.80. The highest BCUT2D eigenvalue weighted by molar-refractivity contribution is 6.00. The Kier molecular flexibility index (Phi) is 5.25. The lowest BCUT2D eigenvalue weighted by Gasteiger charge is -2.15. The molecule has 0 saturated heterocycles. The number of carbonyl (C=O) groups is 1. The Labute approximate surface area is 151 Å². The van der Waals surface area contributed by atoms with Gasteiger partial charge in [-0.1, -0.05) is 24.3 Å². The Hall–Kier alpha value is -3.16. The van der Waals surface area contributed by atoms with Crippen LogP contribution < -0.4 is 10.1 Å². The summed E-state index contributed by atoms with van der Waals surface area (Å²) in [7, 11) is 0. The Balaban J connectivity index is 1.74. The zero-order chi connectivity index (χ0) is 19.4. The minimum atomic E-state index is -4.71. The molecule has 0 unspecified atom stereocenters. The fourth-order valence-electron chi connectivity index (χ4n) is 2.60. The summed E-state index contributed by atoms with van der Waals surface area (Å²) in [5.41, 5.74) is -1.44. The number of alkyl halides is 3. The Morgan fingerprint density at radius 1 is 1.11 bits per heavy atom. The molecule has 8 heteroatoms. The lowest BCUT2D eigenvalue weighted by Crippen LogP contribution is -2.30. The SMILES string of the molecule is O=C(NCCOc1cccc(F)c1)c1cnc2ccccc2c1C(F)(F)F. The Morgan fingerprint density at radius 3 is 2.63 bits per heavy atom. The zero-order valence-electron chi connectivity index (χ0n) is 13.9. The molecule has 0 spiro atoms. The van der Waals surface area contributed by atoms with Gasteiger partial charge in [0.05, 0.1) is 23.2 Å². The number of rotatable bonds is 5. The van der Waals surface area contributed by atoms with Crippen molar-refractivity contribution in [3.8, 4) is 5.75 Å². The number of para-hydroxylation sites is 1. The molecule has 27 heavy (non-hydrogen) atoms. The third-order valence-electron chi connectivity index (χ3n) is 3.76. The predicted octanol–water partition coefficient (Wildman–Crippen LogP) is 4.20. The summed E-state index contributed by atoms with van der Waals surface area (Å²) in [5.74, 6) is -1.13. The Bertz CT molecular complexity index is 973. The number of fused-ring (bicyclic) bond motifs is 1. The lowest BCUT2D eigenvalue weighted by atomic mass is 10.0. The normalized spacial score (nSPS) is 11.4. The summed E-state index contributed by atoms with van der Waals surface area (Å²) >= 11 is 0. The van der Waals surface area contributed by atoms with Gasteiger partial charge in [-0.05, 0) is 18.2 Å². The van der Waals surface area contributed by atoms with Gasteiger partial charge >= 0.3 is 6.18 Å². The van der Waals surface area contributed by atoms with Crippen LogP contribution in [0.15, 0.2) is 54.7 Å². The van der Waals surface area contributed by atoms with Crippen molar-refractivity contribution >= 4 is 16.8 Å². The molecule has 2 aromatic carbocycles. The number of benzene rings is 2. The van der Waals surface area contributed by atoms with Crippen LogP contribution in [0.2, 0.25) is 0 Å². The molecule has 0 bridgehead atoms. The van der Waals surface area contributed by atoms with Gasteiger partial charge in [-0.25, -0.2) is 4.39 Å². The molecule has 0 fully saturated rings. The summed E-state index contributed by atoms with van der Waals surface area (Å²) < 4.78 is 58.8. The number of halogens is 4. The average molecular weight is 378 g/mol. The van der Waals surface area contributed by atoms with Gasteiger partial charge in [-0.3, -0.25) is 9.78 Å². The molecule has 1 aromatic heterocycles. The number of aromatic nitrogens is 1. The average Bonchev–Trinajstić information content (AvgIpc) is 2.63. The van der Waals surface area contributed by atoms with Crippen molar-refractivity contribution in [3.63, 3.8) is 0 Å². The number of carbonyl (C=O) groups excluding carboxylic acids is 1. The van der Waals surface area contributed by atoms with Crippen molar-refractivity contribution in [1.29, 1.82) is 0 Å². The molecular weight excluding hydrogens is 364 g/mol. The largest absolute Gasteiger partial charge is 0.492 e. The van der Waals surface area contributed by atoms with Gasteiger partial charge in [0.2, 0.25) is 0 Å². The van der Waals surface area contributed by atoms with Crippen molar-refractivity contribution in [3.05, 3.63) is 71.7 Å². The van der Waals surface area contributed by atoms with E-state index in [1.165, 1.54) is 36.4 Å². The van der Waals surface area contributed by atoms with Crippen LogP contribution in [0.5, 0.6) is 5.75 Å². The molecule has 140 valence electrons. The minimum absolute atomic E-state index is 0.0302. The van der Waals surface area contributed by atoms with Crippen molar-refractivity contribution in [1.82, 2.24) is 10.3 Å². The number of nitrogens with zero attached hydrogens (tertiary/aromatic N) is 1. The summed E-state index contributed by atoms with van der Waals surface area (Å²) in [6.45, 7) is -0.0863. The topological polar surface area (TPSA) is 51.2 Å². The van der Waals surface area contributed by atoms with E-state index in [0.29, 0.717) is 0 Å². The van der Waals surface area contributed by atoms with Crippen molar-refractivity contribution in [2.75, 3.05) is 13.2 Å². The summed E-state index contributed by atoms with van der Waals surface area (Å²) in [6, 6.07) is 11.1. The molecule has 1 heterocycles. The first kappa shape index (κ1) is 18.6. The number of ether oxygens (including phenoxy) is 1. The highest BCUT2D eigenvalue weighted by atomic mass is 19.4. The van der Waals surface area contributed by atoms with E-state index in [1.807, 2.05) is 0 Å². The van der Waals surface area contributed by atoms with E-state index >= 15 is 0 Å². The van der Waals surface area contributed by atoms with Gasteiger partial charge in [0.25, 0.3) is 5.91 Å². The molecule has 0 aliphatic heterocycles. The highest BCUT2D eigenvalue weighted by Crippen LogP contribution is 2.36. The second-order valence-corrected chi connectivity index (χ2v) is 5.62. The van der Waals surface area contributed by atoms with Crippen LogP contribution in [0.3, 0.4) is 0 Å². The quantitative estimate of drug-likeness (QED) is 0.535. The van der Waals surface area contributed by atoms with Gasteiger partial charge in [-0.15, -0.1) is 0 Å². The van der Waals surface area contributed by atoms with Gasteiger partial charge in [0, 0.05) is 17.6 Å². The number of hydrogen-bond donors (Lipinski definition) is 1. The summed E-state index contributed by atoms with van der Waals surface area (Å²) in [4.78, 5) is 16.2. The van der Waals surface area contributed by atoms with E-state index in [9.17, 15) is 22.4 Å².